The van der Waals surface area contributed by atoms with E-state index in [1.807, 2.05) is 0 Å². The zero-order valence-electron chi connectivity index (χ0n) is 7.69. The molecule has 3 N–H and O–H groups in total. The number of primary amides is 1. The van der Waals surface area contributed by atoms with E-state index < -0.39 is 5.91 Å². The van der Waals surface area contributed by atoms with Crippen molar-refractivity contribution in [3.63, 3.8) is 0 Å². The molecule has 1 aliphatic rings. The lowest BCUT2D eigenvalue weighted by atomic mass is 10.4. The summed E-state index contributed by atoms with van der Waals surface area (Å²) in [4.78, 5) is 14.6. The van der Waals surface area contributed by atoms with Crippen LogP contribution in [0.15, 0.2) is 4.52 Å². The number of carbonyl (C=O) groups is 1. The topological polar surface area (TPSA) is 94.0 Å². The minimum absolute atomic E-state index is 0.126. The van der Waals surface area contributed by atoms with Crippen LogP contribution in [-0.2, 0) is 11.3 Å². The molecule has 6 heteroatoms. The Labute approximate surface area is 80.9 Å². The van der Waals surface area contributed by atoms with Gasteiger partial charge in [0.05, 0.1) is 13.1 Å². The van der Waals surface area contributed by atoms with Gasteiger partial charge in [-0.1, -0.05) is 5.16 Å². The fraction of sp³-hybridized carbons (Fsp3) is 0.625. The van der Waals surface area contributed by atoms with Crippen molar-refractivity contribution in [1.82, 2.24) is 15.5 Å². The van der Waals surface area contributed by atoms with E-state index in [2.05, 4.69) is 15.5 Å². The van der Waals surface area contributed by atoms with Gasteiger partial charge in [0, 0.05) is 5.92 Å². The molecule has 1 aromatic heterocycles. The highest BCUT2D eigenvalue weighted by molar-refractivity contribution is 5.75. The molecule has 0 aliphatic heterocycles. The third kappa shape index (κ3) is 2.29. The number of carbonyl (C=O) groups excluding carboxylic acids is 1. The Kier molecular flexibility index (Phi) is 2.45. The van der Waals surface area contributed by atoms with Crippen LogP contribution >= 0.6 is 0 Å². The largest absolute Gasteiger partial charge is 0.369 e. The number of aromatic nitrogens is 2. The number of nitrogens with one attached hydrogen (secondary N) is 1. The Morgan fingerprint density at radius 1 is 1.64 bits per heavy atom. The summed E-state index contributed by atoms with van der Waals surface area (Å²) in [6.45, 7) is 0.518. The molecule has 1 saturated carbocycles. The first-order valence-electron chi connectivity index (χ1n) is 4.57. The van der Waals surface area contributed by atoms with Crippen molar-refractivity contribution in [2.45, 2.75) is 25.3 Å². The van der Waals surface area contributed by atoms with E-state index in [1.54, 1.807) is 0 Å². The van der Waals surface area contributed by atoms with Crippen molar-refractivity contribution in [2.24, 2.45) is 5.73 Å². The van der Waals surface area contributed by atoms with Crippen LogP contribution in [0, 0.1) is 0 Å². The van der Waals surface area contributed by atoms with Crippen molar-refractivity contribution >= 4 is 5.91 Å². The van der Waals surface area contributed by atoms with E-state index in [9.17, 15) is 4.79 Å². The molecule has 0 spiro atoms. The monoisotopic (exact) mass is 196 g/mol. The van der Waals surface area contributed by atoms with Gasteiger partial charge >= 0.3 is 0 Å². The molecule has 0 atom stereocenters. The number of hydrogen-bond donors (Lipinski definition) is 2. The SMILES string of the molecule is NC(=O)CNCc1nc(C2CC2)no1. The first-order chi connectivity index (χ1) is 6.75. The highest BCUT2D eigenvalue weighted by Crippen LogP contribution is 2.37. The van der Waals surface area contributed by atoms with Gasteiger partial charge in [-0.2, -0.15) is 4.98 Å². The van der Waals surface area contributed by atoms with Gasteiger partial charge in [-0.3, -0.25) is 10.1 Å². The standard InChI is InChI=1S/C8H12N4O2/c9-6(13)3-10-4-7-11-8(12-14-7)5-1-2-5/h5,10H,1-4H2,(H2,9,13). The van der Waals surface area contributed by atoms with E-state index in [0.29, 0.717) is 18.4 Å². The van der Waals surface area contributed by atoms with Gasteiger partial charge < -0.3 is 10.3 Å². The highest BCUT2D eigenvalue weighted by Gasteiger charge is 2.28. The third-order valence-electron chi connectivity index (χ3n) is 2.00. The Morgan fingerprint density at radius 2 is 2.43 bits per heavy atom. The van der Waals surface area contributed by atoms with Crippen molar-refractivity contribution in [3.05, 3.63) is 11.7 Å². The van der Waals surface area contributed by atoms with Crippen molar-refractivity contribution in [2.75, 3.05) is 6.54 Å². The molecule has 14 heavy (non-hydrogen) atoms. The minimum atomic E-state index is -0.396. The minimum Gasteiger partial charge on any atom is -0.369 e. The second kappa shape index (κ2) is 3.75. The smallest absolute Gasteiger partial charge is 0.240 e. The molecule has 2 rings (SSSR count). The number of amides is 1. The van der Waals surface area contributed by atoms with Crippen molar-refractivity contribution in [3.8, 4) is 0 Å². The molecule has 1 fully saturated rings. The number of rotatable bonds is 5. The average Bonchev–Trinajstić information content (AvgIpc) is 2.87. The predicted octanol–water partition coefficient (Wildman–Crippen LogP) is -0.478. The summed E-state index contributed by atoms with van der Waals surface area (Å²) in [6.07, 6.45) is 2.29. The molecule has 76 valence electrons. The second-order valence-electron chi connectivity index (χ2n) is 3.39. The van der Waals surface area contributed by atoms with E-state index >= 15 is 0 Å². The summed E-state index contributed by atoms with van der Waals surface area (Å²) in [5.74, 6) is 1.38. The molecule has 0 aromatic carbocycles. The molecule has 0 bridgehead atoms. The molecule has 1 amide bonds. The molecular weight excluding hydrogens is 184 g/mol. The van der Waals surface area contributed by atoms with Crippen LogP contribution in [0.1, 0.15) is 30.5 Å². The highest BCUT2D eigenvalue weighted by atomic mass is 16.5. The first kappa shape index (κ1) is 9.14. The van der Waals surface area contributed by atoms with Crippen LogP contribution in [-0.4, -0.2) is 22.6 Å². The maximum Gasteiger partial charge on any atom is 0.240 e. The predicted molar refractivity (Wildman–Crippen MR) is 47.2 cm³/mol. The van der Waals surface area contributed by atoms with E-state index in [4.69, 9.17) is 10.3 Å². The zero-order valence-corrected chi connectivity index (χ0v) is 7.69. The van der Waals surface area contributed by atoms with Gasteiger partial charge in [0.2, 0.25) is 11.8 Å². The van der Waals surface area contributed by atoms with Crippen LogP contribution in [0.3, 0.4) is 0 Å². The van der Waals surface area contributed by atoms with Gasteiger partial charge in [0.1, 0.15) is 0 Å². The van der Waals surface area contributed by atoms with Gasteiger partial charge in [0.25, 0.3) is 0 Å². The molecule has 0 unspecified atom stereocenters. The summed E-state index contributed by atoms with van der Waals surface area (Å²) in [5, 5.41) is 6.64. The zero-order chi connectivity index (χ0) is 9.97. The lowest BCUT2D eigenvalue weighted by Gasteiger charge is -1.95. The van der Waals surface area contributed by atoms with Crippen LogP contribution in [0.4, 0.5) is 0 Å². The van der Waals surface area contributed by atoms with Crippen LogP contribution in [0.25, 0.3) is 0 Å². The average molecular weight is 196 g/mol. The van der Waals surface area contributed by atoms with E-state index in [0.717, 1.165) is 18.7 Å². The summed E-state index contributed by atoms with van der Waals surface area (Å²) >= 11 is 0. The summed E-state index contributed by atoms with van der Waals surface area (Å²) in [6, 6.07) is 0. The van der Waals surface area contributed by atoms with Gasteiger partial charge in [-0.05, 0) is 12.8 Å². The Morgan fingerprint density at radius 3 is 3.07 bits per heavy atom. The summed E-state index contributed by atoms with van der Waals surface area (Å²) < 4.78 is 4.97. The van der Waals surface area contributed by atoms with Gasteiger partial charge in [0.15, 0.2) is 5.82 Å². The number of nitrogens with two attached hydrogens (primary N) is 1. The second-order valence-corrected chi connectivity index (χ2v) is 3.39. The van der Waals surface area contributed by atoms with Gasteiger partial charge in [-0.15, -0.1) is 0 Å². The number of nitrogens with zero attached hydrogens (tertiary/aromatic N) is 2. The van der Waals surface area contributed by atoms with Crippen molar-refractivity contribution in [1.29, 1.82) is 0 Å². The normalized spacial score (nSPS) is 15.7. The molecule has 0 saturated heterocycles. The van der Waals surface area contributed by atoms with E-state index in [1.165, 1.54) is 0 Å². The van der Waals surface area contributed by atoms with Crippen LogP contribution in [0.2, 0.25) is 0 Å². The fourth-order valence-electron chi connectivity index (χ4n) is 1.14. The maximum atomic E-state index is 10.4. The Hall–Kier alpha value is -1.43. The van der Waals surface area contributed by atoms with E-state index in [-0.39, 0.29) is 6.54 Å². The first-order valence-corrected chi connectivity index (χ1v) is 4.57. The molecule has 1 heterocycles. The maximum absolute atomic E-state index is 10.4. The Balaban J connectivity index is 1.80. The number of hydrogen-bond acceptors (Lipinski definition) is 5. The summed E-state index contributed by atoms with van der Waals surface area (Å²) in [7, 11) is 0. The van der Waals surface area contributed by atoms with Crippen molar-refractivity contribution < 1.29 is 9.32 Å². The van der Waals surface area contributed by atoms with Crippen LogP contribution < -0.4 is 11.1 Å². The Bertz CT molecular complexity index is 332. The molecular formula is C8H12N4O2. The lowest BCUT2D eigenvalue weighted by Crippen LogP contribution is -2.28. The molecule has 1 aliphatic carbocycles. The quantitative estimate of drug-likeness (QED) is 0.663. The fourth-order valence-corrected chi connectivity index (χ4v) is 1.14. The van der Waals surface area contributed by atoms with Gasteiger partial charge in [-0.25, -0.2) is 0 Å². The molecule has 6 nitrogen and oxygen atoms in total. The molecule has 1 aromatic rings. The third-order valence-corrected chi connectivity index (χ3v) is 2.00. The molecule has 0 radical (unpaired) electrons. The summed E-state index contributed by atoms with van der Waals surface area (Å²) in [5.41, 5.74) is 4.95. The lowest BCUT2D eigenvalue weighted by molar-refractivity contribution is -0.117. The van der Waals surface area contributed by atoms with Crippen LogP contribution in [0.5, 0.6) is 0 Å².